The van der Waals surface area contributed by atoms with Crippen LogP contribution in [-0.2, 0) is 4.74 Å². The van der Waals surface area contributed by atoms with Crippen LogP contribution in [-0.4, -0.2) is 23.1 Å². The Hall–Kier alpha value is -2.22. The molecule has 19 heavy (non-hydrogen) atoms. The highest BCUT2D eigenvalue weighted by Gasteiger charge is 2.38. The number of carbonyl (C=O) groups excluding carboxylic acids is 1. The first-order valence-corrected chi connectivity index (χ1v) is 6.10. The van der Waals surface area contributed by atoms with Gasteiger partial charge >= 0.3 is 6.09 Å². The average molecular weight is 259 g/mol. The van der Waals surface area contributed by atoms with Gasteiger partial charge in [-0.1, -0.05) is 6.07 Å². The molecule has 1 aliphatic rings. The van der Waals surface area contributed by atoms with Crippen LogP contribution in [0, 0.1) is 11.3 Å². The SMILES string of the molecule is CC(C)(C)N1CC(c2ccc(N)c(C#N)c2)OC1=O. The van der Waals surface area contributed by atoms with Crippen molar-refractivity contribution in [1.29, 1.82) is 5.26 Å². The molecule has 2 rings (SSSR count). The molecule has 100 valence electrons. The topological polar surface area (TPSA) is 79.3 Å². The molecule has 0 aromatic heterocycles. The van der Waals surface area contributed by atoms with Gasteiger partial charge in [0.1, 0.15) is 12.2 Å². The molecule has 0 saturated carbocycles. The predicted molar refractivity (Wildman–Crippen MR) is 71.3 cm³/mol. The summed E-state index contributed by atoms with van der Waals surface area (Å²) in [5.74, 6) is 0. The van der Waals surface area contributed by atoms with E-state index >= 15 is 0 Å². The lowest BCUT2D eigenvalue weighted by Gasteiger charge is -2.29. The van der Waals surface area contributed by atoms with E-state index in [2.05, 4.69) is 0 Å². The van der Waals surface area contributed by atoms with Gasteiger partial charge in [0, 0.05) is 11.2 Å². The number of cyclic esters (lactones) is 1. The maximum atomic E-state index is 11.8. The third-order valence-corrected chi connectivity index (χ3v) is 3.19. The van der Waals surface area contributed by atoms with E-state index < -0.39 is 0 Å². The highest BCUT2D eigenvalue weighted by atomic mass is 16.6. The van der Waals surface area contributed by atoms with Gasteiger partial charge in [0.05, 0.1) is 12.1 Å². The summed E-state index contributed by atoms with van der Waals surface area (Å²) >= 11 is 0. The summed E-state index contributed by atoms with van der Waals surface area (Å²) in [5.41, 5.74) is 7.04. The molecule has 1 atom stereocenters. The largest absolute Gasteiger partial charge is 0.439 e. The van der Waals surface area contributed by atoms with Crippen LogP contribution in [0.25, 0.3) is 0 Å². The minimum absolute atomic E-state index is 0.280. The molecule has 1 aromatic carbocycles. The third kappa shape index (κ3) is 2.48. The van der Waals surface area contributed by atoms with Crippen LogP contribution in [0.15, 0.2) is 18.2 Å². The van der Waals surface area contributed by atoms with Crippen molar-refractivity contribution >= 4 is 11.8 Å². The first kappa shape index (κ1) is 13.2. The molecule has 5 heteroatoms. The molecular weight excluding hydrogens is 242 g/mol. The fourth-order valence-corrected chi connectivity index (χ4v) is 2.06. The summed E-state index contributed by atoms with van der Waals surface area (Å²) in [6.07, 6.45) is -0.674. The standard InChI is InChI=1S/C14H17N3O2/c1-14(2,3)17-8-12(19-13(17)18)9-4-5-11(16)10(6-9)7-15/h4-6,12H,8,16H2,1-3H3. The summed E-state index contributed by atoms with van der Waals surface area (Å²) in [5, 5.41) is 8.97. The molecule has 1 heterocycles. The summed E-state index contributed by atoms with van der Waals surface area (Å²) in [6.45, 7) is 6.36. The summed E-state index contributed by atoms with van der Waals surface area (Å²) in [7, 11) is 0. The van der Waals surface area contributed by atoms with Gasteiger partial charge in [-0.15, -0.1) is 0 Å². The van der Waals surface area contributed by atoms with Crippen molar-refractivity contribution in [3.63, 3.8) is 0 Å². The van der Waals surface area contributed by atoms with Crippen molar-refractivity contribution in [3.05, 3.63) is 29.3 Å². The Kier molecular flexibility index (Phi) is 3.11. The number of benzene rings is 1. The monoisotopic (exact) mass is 259 g/mol. The Morgan fingerprint density at radius 1 is 1.47 bits per heavy atom. The number of ether oxygens (including phenoxy) is 1. The number of rotatable bonds is 1. The van der Waals surface area contributed by atoms with E-state index in [4.69, 9.17) is 15.7 Å². The number of hydrogen-bond donors (Lipinski definition) is 1. The summed E-state index contributed by atoms with van der Waals surface area (Å²) < 4.78 is 5.36. The van der Waals surface area contributed by atoms with E-state index in [0.29, 0.717) is 17.8 Å². The second-order valence-corrected chi connectivity index (χ2v) is 5.61. The number of nitrogens with two attached hydrogens (primary N) is 1. The van der Waals surface area contributed by atoms with Crippen LogP contribution in [0.1, 0.15) is 38.0 Å². The minimum atomic E-state index is -0.348. The number of nitrogen functional groups attached to an aromatic ring is 1. The fourth-order valence-electron chi connectivity index (χ4n) is 2.06. The Morgan fingerprint density at radius 3 is 2.68 bits per heavy atom. The van der Waals surface area contributed by atoms with Crippen LogP contribution < -0.4 is 5.73 Å². The van der Waals surface area contributed by atoms with E-state index in [-0.39, 0.29) is 17.7 Å². The highest BCUT2D eigenvalue weighted by molar-refractivity contribution is 5.71. The minimum Gasteiger partial charge on any atom is -0.439 e. The molecule has 0 aliphatic carbocycles. The second-order valence-electron chi connectivity index (χ2n) is 5.61. The average Bonchev–Trinajstić information content (AvgIpc) is 2.72. The van der Waals surface area contributed by atoms with Crippen LogP contribution in [0.3, 0.4) is 0 Å². The highest BCUT2D eigenvalue weighted by Crippen LogP contribution is 2.31. The van der Waals surface area contributed by atoms with Gasteiger partial charge in [0.2, 0.25) is 0 Å². The van der Waals surface area contributed by atoms with E-state index in [1.165, 1.54) is 0 Å². The molecule has 2 N–H and O–H groups in total. The van der Waals surface area contributed by atoms with Crippen LogP contribution in [0.5, 0.6) is 0 Å². The number of amides is 1. The quantitative estimate of drug-likeness (QED) is 0.785. The number of nitriles is 1. The zero-order valence-electron chi connectivity index (χ0n) is 11.3. The van der Waals surface area contributed by atoms with E-state index in [1.807, 2.05) is 26.8 Å². The predicted octanol–water partition coefficient (Wildman–Crippen LogP) is 2.43. The van der Waals surface area contributed by atoms with Crippen LogP contribution in [0.4, 0.5) is 10.5 Å². The molecule has 1 saturated heterocycles. The summed E-state index contributed by atoms with van der Waals surface area (Å²) in [6, 6.07) is 7.17. The number of nitrogens with zero attached hydrogens (tertiary/aromatic N) is 2. The first-order valence-electron chi connectivity index (χ1n) is 6.10. The zero-order chi connectivity index (χ0) is 14.2. The van der Waals surface area contributed by atoms with Crippen LogP contribution >= 0.6 is 0 Å². The maximum absolute atomic E-state index is 11.8. The van der Waals surface area contributed by atoms with Crippen molar-refractivity contribution in [1.82, 2.24) is 4.90 Å². The molecule has 5 nitrogen and oxygen atoms in total. The van der Waals surface area contributed by atoms with Gasteiger partial charge in [-0.2, -0.15) is 5.26 Å². The Balaban J connectivity index is 2.26. The molecule has 1 amide bonds. The van der Waals surface area contributed by atoms with Gasteiger partial charge in [0.15, 0.2) is 0 Å². The van der Waals surface area contributed by atoms with Crippen molar-refractivity contribution in [2.75, 3.05) is 12.3 Å². The lowest BCUT2D eigenvalue weighted by atomic mass is 10.0. The Morgan fingerprint density at radius 2 is 2.16 bits per heavy atom. The third-order valence-electron chi connectivity index (χ3n) is 3.19. The van der Waals surface area contributed by atoms with Gasteiger partial charge in [0.25, 0.3) is 0 Å². The van der Waals surface area contributed by atoms with Gasteiger partial charge < -0.3 is 10.5 Å². The van der Waals surface area contributed by atoms with Crippen molar-refractivity contribution < 1.29 is 9.53 Å². The molecule has 1 fully saturated rings. The zero-order valence-corrected chi connectivity index (χ0v) is 11.3. The molecule has 1 aromatic rings. The van der Waals surface area contributed by atoms with Crippen molar-refractivity contribution in [2.24, 2.45) is 0 Å². The van der Waals surface area contributed by atoms with Gasteiger partial charge in [-0.05, 0) is 38.5 Å². The molecule has 0 bridgehead atoms. The normalized spacial score (nSPS) is 19.2. The molecule has 1 aliphatic heterocycles. The van der Waals surface area contributed by atoms with E-state index in [0.717, 1.165) is 5.56 Å². The van der Waals surface area contributed by atoms with Gasteiger partial charge in [-0.3, -0.25) is 4.90 Å². The van der Waals surface area contributed by atoms with Crippen LogP contribution in [0.2, 0.25) is 0 Å². The number of carbonyl (C=O) groups is 1. The first-order chi connectivity index (χ1) is 8.82. The maximum Gasteiger partial charge on any atom is 0.411 e. The van der Waals surface area contributed by atoms with Gasteiger partial charge in [-0.25, -0.2) is 4.79 Å². The fraction of sp³-hybridized carbons (Fsp3) is 0.429. The number of hydrogen-bond acceptors (Lipinski definition) is 4. The van der Waals surface area contributed by atoms with E-state index in [1.54, 1.807) is 23.1 Å². The number of anilines is 1. The molecule has 1 unspecified atom stereocenters. The second kappa shape index (κ2) is 4.47. The Bertz CT molecular complexity index is 555. The molecular formula is C14H17N3O2. The van der Waals surface area contributed by atoms with Crippen molar-refractivity contribution in [2.45, 2.75) is 32.4 Å². The Labute approximate surface area is 112 Å². The smallest absolute Gasteiger partial charge is 0.411 e. The summed E-state index contributed by atoms with van der Waals surface area (Å²) in [4.78, 5) is 13.5. The van der Waals surface area contributed by atoms with Crippen molar-refractivity contribution in [3.8, 4) is 6.07 Å². The lowest BCUT2D eigenvalue weighted by molar-refractivity contribution is 0.120. The molecule has 0 spiro atoms. The molecule has 0 radical (unpaired) electrons. The lowest BCUT2D eigenvalue weighted by Crippen LogP contribution is -2.41. The van der Waals surface area contributed by atoms with E-state index in [9.17, 15) is 4.79 Å².